The lowest BCUT2D eigenvalue weighted by atomic mass is 9.68. The van der Waals surface area contributed by atoms with Crippen molar-refractivity contribution in [3.05, 3.63) is 102 Å². The van der Waals surface area contributed by atoms with Crippen molar-refractivity contribution in [3.63, 3.8) is 0 Å². The van der Waals surface area contributed by atoms with Crippen LogP contribution in [0.25, 0.3) is 0 Å². The van der Waals surface area contributed by atoms with Gasteiger partial charge in [-0.25, -0.2) is 0 Å². The first kappa shape index (κ1) is 23.1. The molecule has 0 amide bonds. The van der Waals surface area contributed by atoms with Crippen LogP contribution >= 0.6 is 0 Å². The van der Waals surface area contributed by atoms with Gasteiger partial charge in [0.1, 0.15) is 5.75 Å². The zero-order valence-electron chi connectivity index (χ0n) is 20.6. The van der Waals surface area contributed by atoms with Crippen molar-refractivity contribution in [2.75, 3.05) is 13.7 Å². The van der Waals surface area contributed by atoms with Crippen LogP contribution in [0.3, 0.4) is 0 Å². The Kier molecular flexibility index (Phi) is 7.32. The number of hydrogen-bond acceptors (Lipinski definition) is 3. The predicted molar refractivity (Wildman–Crippen MR) is 140 cm³/mol. The molecule has 1 N–H and O–H groups in total. The SMILES string of the molecule is CCCC1CC2CCN1C(C(c1ccccc1)c1ccccc1)C2NCc1ccccc1OC. The van der Waals surface area contributed by atoms with Gasteiger partial charge in [-0.15, -0.1) is 0 Å². The second-order valence-corrected chi connectivity index (χ2v) is 9.97. The van der Waals surface area contributed by atoms with Crippen molar-refractivity contribution < 1.29 is 4.74 Å². The van der Waals surface area contributed by atoms with Gasteiger partial charge in [0.25, 0.3) is 0 Å². The Morgan fingerprint density at radius 3 is 2.21 bits per heavy atom. The zero-order chi connectivity index (χ0) is 23.3. The molecule has 3 saturated heterocycles. The first-order valence-electron chi connectivity index (χ1n) is 13.0. The van der Waals surface area contributed by atoms with E-state index in [0.717, 1.165) is 12.3 Å². The maximum atomic E-state index is 5.66. The van der Waals surface area contributed by atoms with Gasteiger partial charge in [-0.3, -0.25) is 4.90 Å². The number of rotatable bonds is 9. The molecule has 3 aromatic rings. The highest BCUT2D eigenvalue weighted by atomic mass is 16.5. The first-order valence-corrected chi connectivity index (χ1v) is 13.0. The fraction of sp³-hybridized carbons (Fsp3) is 0.419. The Morgan fingerprint density at radius 2 is 1.56 bits per heavy atom. The van der Waals surface area contributed by atoms with Gasteiger partial charge in [-0.1, -0.05) is 92.2 Å². The fourth-order valence-corrected chi connectivity index (χ4v) is 6.59. The summed E-state index contributed by atoms with van der Waals surface area (Å²) in [5.41, 5.74) is 4.08. The number of methoxy groups -OCH3 is 1. The normalized spacial score (nSPS) is 26.0. The average molecular weight is 455 g/mol. The quantitative estimate of drug-likeness (QED) is 0.414. The number of hydrogen-bond donors (Lipinski definition) is 1. The van der Waals surface area contributed by atoms with Crippen LogP contribution in [-0.4, -0.2) is 36.7 Å². The molecule has 2 bridgehead atoms. The van der Waals surface area contributed by atoms with E-state index in [1.165, 1.54) is 48.9 Å². The first-order chi connectivity index (χ1) is 16.8. The Balaban J connectivity index is 1.53. The third kappa shape index (κ3) is 4.64. The summed E-state index contributed by atoms with van der Waals surface area (Å²) in [4.78, 5) is 2.87. The standard InChI is InChI=1S/C31H38N2O/c1-3-12-27-21-25-19-20-33(27)31(30(25)32-22-26-17-10-11-18-28(26)34-2)29(23-13-6-4-7-14-23)24-15-8-5-9-16-24/h4-11,13-18,25,27,29-32H,3,12,19-22H2,1-2H3. The molecule has 3 aromatic carbocycles. The summed E-state index contributed by atoms with van der Waals surface area (Å²) < 4.78 is 5.66. The van der Waals surface area contributed by atoms with Gasteiger partial charge >= 0.3 is 0 Å². The summed E-state index contributed by atoms with van der Waals surface area (Å²) in [5.74, 6) is 2.02. The van der Waals surface area contributed by atoms with Gasteiger partial charge in [0.05, 0.1) is 7.11 Å². The molecule has 0 aliphatic carbocycles. The van der Waals surface area contributed by atoms with Crippen LogP contribution in [-0.2, 0) is 6.54 Å². The molecular weight excluding hydrogens is 416 g/mol. The molecule has 0 radical (unpaired) electrons. The van der Waals surface area contributed by atoms with E-state index in [1.807, 2.05) is 0 Å². The molecule has 34 heavy (non-hydrogen) atoms. The van der Waals surface area contributed by atoms with E-state index in [9.17, 15) is 0 Å². The number of nitrogens with one attached hydrogen (secondary N) is 1. The molecule has 3 fully saturated rings. The Bertz CT molecular complexity index is 998. The highest BCUT2D eigenvalue weighted by Crippen LogP contribution is 2.45. The highest BCUT2D eigenvalue weighted by Gasteiger charge is 2.49. The van der Waals surface area contributed by atoms with Gasteiger partial charge in [0.15, 0.2) is 0 Å². The van der Waals surface area contributed by atoms with E-state index in [1.54, 1.807) is 7.11 Å². The Hall–Kier alpha value is -2.62. The second kappa shape index (κ2) is 10.8. The zero-order valence-corrected chi connectivity index (χ0v) is 20.6. The van der Waals surface area contributed by atoms with Crippen LogP contribution in [0.4, 0.5) is 0 Å². The minimum atomic E-state index is 0.347. The lowest BCUT2D eigenvalue weighted by Crippen LogP contribution is -2.67. The van der Waals surface area contributed by atoms with Gasteiger partial charge < -0.3 is 10.1 Å². The summed E-state index contributed by atoms with van der Waals surface area (Å²) >= 11 is 0. The van der Waals surface area contributed by atoms with E-state index in [0.29, 0.717) is 30.0 Å². The number of nitrogens with zero attached hydrogens (tertiary/aromatic N) is 1. The van der Waals surface area contributed by atoms with Crippen LogP contribution in [0.5, 0.6) is 5.75 Å². The third-order valence-corrected chi connectivity index (χ3v) is 8.06. The van der Waals surface area contributed by atoms with Gasteiger partial charge in [-0.2, -0.15) is 0 Å². The smallest absolute Gasteiger partial charge is 0.123 e. The molecule has 3 aliphatic heterocycles. The molecule has 3 nitrogen and oxygen atoms in total. The van der Waals surface area contributed by atoms with E-state index >= 15 is 0 Å². The number of ether oxygens (including phenoxy) is 1. The molecule has 0 saturated carbocycles. The molecule has 3 heteroatoms. The number of benzene rings is 3. The number of para-hydroxylation sites is 1. The highest BCUT2D eigenvalue weighted by molar-refractivity contribution is 5.37. The Labute approximate surface area is 205 Å². The fourth-order valence-electron chi connectivity index (χ4n) is 6.59. The second-order valence-electron chi connectivity index (χ2n) is 9.97. The van der Waals surface area contributed by atoms with E-state index in [-0.39, 0.29) is 0 Å². The van der Waals surface area contributed by atoms with Crippen molar-refractivity contribution in [2.45, 2.75) is 63.2 Å². The monoisotopic (exact) mass is 454 g/mol. The minimum Gasteiger partial charge on any atom is -0.496 e. The van der Waals surface area contributed by atoms with Crippen molar-refractivity contribution in [3.8, 4) is 5.75 Å². The van der Waals surface area contributed by atoms with Crippen molar-refractivity contribution >= 4 is 0 Å². The number of piperidine rings is 3. The maximum Gasteiger partial charge on any atom is 0.123 e. The van der Waals surface area contributed by atoms with Crippen LogP contribution in [0.15, 0.2) is 84.9 Å². The molecule has 3 aliphatic rings. The Morgan fingerprint density at radius 1 is 0.912 bits per heavy atom. The number of fused-ring (bicyclic) bond motifs is 3. The van der Waals surface area contributed by atoms with Crippen LogP contribution in [0.2, 0.25) is 0 Å². The largest absolute Gasteiger partial charge is 0.496 e. The van der Waals surface area contributed by atoms with Crippen LogP contribution in [0, 0.1) is 5.92 Å². The molecular formula is C31H38N2O. The molecule has 178 valence electrons. The maximum absolute atomic E-state index is 5.66. The van der Waals surface area contributed by atoms with Gasteiger partial charge in [0, 0.05) is 36.2 Å². The molecule has 0 spiro atoms. The third-order valence-electron chi connectivity index (χ3n) is 8.06. The average Bonchev–Trinajstić information content (AvgIpc) is 2.90. The predicted octanol–water partition coefficient (Wildman–Crippen LogP) is 6.25. The molecule has 3 heterocycles. The topological polar surface area (TPSA) is 24.5 Å². The van der Waals surface area contributed by atoms with E-state index in [4.69, 9.17) is 4.74 Å². The van der Waals surface area contributed by atoms with Crippen LogP contribution in [0.1, 0.15) is 55.2 Å². The summed E-state index contributed by atoms with van der Waals surface area (Å²) in [6.45, 7) is 4.38. The summed E-state index contributed by atoms with van der Waals surface area (Å²) in [6.07, 6.45) is 5.14. The van der Waals surface area contributed by atoms with Crippen molar-refractivity contribution in [1.82, 2.24) is 10.2 Å². The van der Waals surface area contributed by atoms with Crippen molar-refractivity contribution in [2.24, 2.45) is 5.92 Å². The summed E-state index contributed by atoms with van der Waals surface area (Å²) in [6, 6.07) is 32.3. The van der Waals surface area contributed by atoms with E-state index in [2.05, 4.69) is 102 Å². The summed E-state index contributed by atoms with van der Waals surface area (Å²) in [7, 11) is 1.77. The molecule has 5 atom stereocenters. The van der Waals surface area contributed by atoms with Crippen molar-refractivity contribution in [1.29, 1.82) is 0 Å². The van der Waals surface area contributed by atoms with E-state index < -0.39 is 0 Å². The van der Waals surface area contributed by atoms with Gasteiger partial charge in [-0.05, 0) is 48.9 Å². The molecule has 6 rings (SSSR count). The lowest BCUT2D eigenvalue weighted by Gasteiger charge is -2.58. The lowest BCUT2D eigenvalue weighted by molar-refractivity contribution is -0.0421. The van der Waals surface area contributed by atoms with Gasteiger partial charge in [0.2, 0.25) is 0 Å². The van der Waals surface area contributed by atoms with Crippen LogP contribution < -0.4 is 10.1 Å². The minimum absolute atomic E-state index is 0.347. The summed E-state index contributed by atoms with van der Waals surface area (Å²) in [5, 5.41) is 4.06. The molecule has 0 aromatic heterocycles. The molecule has 5 unspecified atom stereocenters.